The zero-order valence-corrected chi connectivity index (χ0v) is 11.9. The van der Waals surface area contributed by atoms with Crippen molar-refractivity contribution in [2.75, 3.05) is 46.4 Å². The van der Waals surface area contributed by atoms with E-state index in [0.29, 0.717) is 0 Å². The Balaban J connectivity index is 1.84. The summed E-state index contributed by atoms with van der Waals surface area (Å²) >= 11 is 0. The van der Waals surface area contributed by atoms with E-state index >= 15 is 0 Å². The molecule has 1 fully saturated rings. The number of hydrogen-bond donors (Lipinski definition) is 1. The molecule has 1 heterocycles. The highest BCUT2D eigenvalue weighted by atomic mass is 16.5. The van der Waals surface area contributed by atoms with Crippen molar-refractivity contribution in [3.8, 4) is 0 Å². The fourth-order valence-electron chi connectivity index (χ4n) is 2.24. The molecule has 0 aromatic rings. The number of nitrogens with zero attached hydrogens (tertiary/aromatic N) is 1. The van der Waals surface area contributed by atoms with Crippen LogP contribution < -0.4 is 5.32 Å². The highest BCUT2D eigenvalue weighted by Crippen LogP contribution is 2.19. The first-order valence-electron chi connectivity index (χ1n) is 7.15. The lowest BCUT2D eigenvalue weighted by Crippen LogP contribution is -2.30. The van der Waals surface area contributed by atoms with Gasteiger partial charge in [-0.15, -0.1) is 0 Å². The highest BCUT2D eigenvalue weighted by Gasteiger charge is 2.15. The number of nitrogens with one attached hydrogen (secondary N) is 1. The smallest absolute Gasteiger partial charge is 0.0590 e. The third-order valence-electron chi connectivity index (χ3n) is 3.48. The molecule has 0 amide bonds. The molecule has 17 heavy (non-hydrogen) atoms. The average Bonchev–Trinajstić information content (AvgIpc) is 2.30. The summed E-state index contributed by atoms with van der Waals surface area (Å²) in [7, 11) is 2.22. The van der Waals surface area contributed by atoms with Crippen LogP contribution in [0.2, 0.25) is 0 Å². The van der Waals surface area contributed by atoms with Crippen molar-refractivity contribution in [2.45, 2.75) is 33.1 Å². The minimum absolute atomic E-state index is 0.731. The molecule has 0 aromatic carbocycles. The molecule has 0 radical (unpaired) electrons. The lowest BCUT2D eigenvalue weighted by Gasteiger charge is -2.28. The fourth-order valence-corrected chi connectivity index (χ4v) is 2.24. The van der Waals surface area contributed by atoms with Crippen LogP contribution >= 0.6 is 0 Å². The van der Waals surface area contributed by atoms with E-state index in [4.69, 9.17) is 4.74 Å². The predicted molar refractivity (Wildman–Crippen MR) is 73.4 cm³/mol. The van der Waals surface area contributed by atoms with Gasteiger partial charge in [0.15, 0.2) is 0 Å². The van der Waals surface area contributed by atoms with Crippen molar-refractivity contribution < 1.29 is 4.74 Å². The Labute approximate surface area is 107 Å². The van der Waals surface area contributed by atoms with Crippen molar-refractivity contribution >= 4 is 0 Å². The number of hydrogen-bond acceptors (Lipinski definition) is 3. The summed E-state index contributed by atoms with van der Waals surface area (Å²) in [6.45, 7) is 10.9. The van der Waals surface area contributed by atoms with Crippen molar-refractivity contribution in [2.24, 2.45) is 11.8 Å². The fraction of sp³-hybridized carbons (Fsp3) is 1.00. The van der Waals surface area contributed by atoms with E-state index in [0.717, 1.165) is 38.1 Å². The van der Waals surface area contributed by atoms with Gasteiger partial charge in [-0.2, -0.15) is 0 Å². The first kappa shape index (κ1) is 14.9. The van der Waals surface area contributed by atoms with Gasteiger partial charge in [-0.05, 0) is 57.8 Å². The molecule has 0 aliphatic carbocycles. The molecule has 0 atom stereocenters. The minimum Gasteiger partial charge on any atom is -0.380 e. The highest BCUT2D eigenvalue weighted by molar-refractivity contribution is 4.69. The van der Waals surface area contributed by atoms with Crippen LogP contribution in [0.3, 0.4) is 0 Å². The summed E-state index contributed by atoms with van der Waals surface area (Å²) in [5.41, 5.74) is 0. The van der Waals surface area contributed by atoms with E-state index in [2.05, 4.69) is 31.1 Å². The lowest BCUT2D eigenvalue weighted by atomic mass is 9.94. The molecule has 0 bridgehead atoms. The Bertz CT molecular complexity index is 177. The summed E-state index contributed by atoms with van der Waals surface area (Å²) in [5.74, 6) is 1.63. The van der Waals surface area contributed by atoms with Crippen LogP contribution in [0.25, 0.3) is 0 Å². The molecular weight excluding hydrogens is 212 g/mol. The summed E-state index contributed by atoms with van der Waals surface area (Å²) < 4.78 is 5.67. The van der Waals surface area contributed by atoms with Crippen molar-refractivity contribution in [3.63, 3.8) is 0 Å². The van der Waals surface area contributed by atoms with Gasteiger partial charge in [-0.25, -0.2) is 0 Å². The monoisotopic (exact) mass is 242 g/mol. The van der Waals surface area contributed by atoms with Gasteiger partial charge in [0, 0.05) is 13.2 Å². The van der Waals surface area contributed by atoms with Crippen LogP contribution in [0.1, 0.15) is 33.1 Å². The van der Waals surface area contributed by atoms with Crippen LogP contribution in [0.15, 0.2) is 0 Å². The summed E-state index contributed by atoms with van der Waals surface area (Å²) in [6.07, 6.45) is 3.95. The maximum Gasteiger partial charge on any atom is 0.0590 e. The van der Waals surface area contributed by atoms with Gasteiger partial charge in [0.05, 0.1) is 6.61 Å². The van der Waals surface area contributed by atoms with Gasteiger partial charge >= 0.3 is 0 Å². The lowest BCUT2D eigenvalue weighted by molar-refractivity contribution is 0.107. The summed E-state index contributed by atoms with van der Waals surface area (Å²) in [5, 5.41) is 3.40. The van der Waals surface area contributed by atoms with Crippen molar-refractivity contribution in [3.05, 3.63) is 0 Å². The van der Waals surface area contributed by atoms with E-state index in [-0.39, 0.29) is 0 Å². The Kier molecular flexibility index (Phi) is 7.82. The predicted octanol–water partition coefficient (Wildman–Crippen LogP) is 1.98. The molecule has 3 heteroatoms. The molecule has 0 saturated carbocycles. The van der Waals surface area contributed by atoms with Crippen LogP contribution in [-0.2, 0) is 4.74 Å². The minimum atomic E-state index is 0.731. The topological polar surface area (TPSA) is 24.5 Å². The first-order chi connectivity index (χ1) is 8.18. The molecule has 1 aliphatic rings. The second-order valence-electron chi connectivity index (χ2n) is 5.75. The number of likely N-dealkylation sites (tertiary alicyclic amines) is 1. The molecule has 1 rings (SSSR count). The van der Waals surface area contributed by atoms with Gasteiger partial charge in [0.1, 0.15) is 0 Å². The average molecular weight is 242 g/mol. The maximum atomic E-state index is 5.67. The van der Waals surface area contributed by atoms with E-state index < -0.39 is 0 Å². The molecule has 3 nitrogen and oxygen atoms in total. The number of ether oxygens (including phenoxy) is 1. The van der Waals surface area contributed by atoms with Crippen molar-refractivity contribution in [1.29, 1.82) is 0 Å². The van der Waals surface area contributed by atoms with Gasteiger partial charge < -0.3 is 15.0 Å². The number of piperidine rings is 1. The van der Waals surface area contributed by atoms with Crippen molar-refractivity contribution in [1.82, 2.24) is 10.2 Å². The normalized spacial score (nSPS) is 19.1. The first-order valence-corrected chi connectivity index (χ1v) is 7.15. The van der Waals surface area contributed by atoms with Crippen LogP contribution in [0.4, 0.5) is 0 Å². The van der Waals surface area contributed by atoms with Gasteiger partial charge in [-0.3, -0.25) is 0 Å². The number of rotatable bonds is 8. The zero-order valence-electron chi connectivity index (χ0n) is 11.9. The molecule has 0 spiro atoms. The van der Waals surface area contributed by atoms with Crippen LogP contribution in [0.5, 0.6) is 0 Å². The summed E-state index contributed by atoms with van der Waals surface area (Å²) in [4.78, 5) is 2.42. The summed E-state index contributed by atoms with van der Waals surface area (Å²) in [6, 6.07) is 0. The van der Waals surface area contributed by atoms with E-state index in [1.807, 2.05) is 0 Å². The molecule has 102 valence electrons. The molecule has 1 N–H and O–H groups in total. The molecule has 0 aromatic heterocycles. The van der Waals surface area contributed by atoms with E-state index in [9.17, 15) is 0 Å². The largest absolute Gasteiger partial charge is 0.380 e. The Morgan fingerprint density at radius 1 is 1.24 bits per heavy atom. The standard InChI is InChI=1S/C14H30N2O/c1-13(2)12-15-7-11-17-10-6-14-4-8-16(3)9-5-14/h13-15H,4-12H2,1-3H3. The van der Waals surface area contributed by atoms with E-state index in [1.54, 1.807) is 0 Å². The Hall–Kier alpha value is -0.120. The third kappa shape index (κ3) is 7.74. The van der Waals surface area contributed by atoms with Gasteiger partial charge in [0.2, 0.25) is 0 Å². The second kappa shape index (κ2) is 8.90. The van der Waals surface area contributed by atoms with Gasteiger partial charge in [0.25, 0.3) is 0 Å². The Morgan fingerprint density at radius 2 is 1.94 bits per heavy atom. The Morgan fingerprint density at radius 3 is 2.59 bits per heavy atom. The molecular formula is C14H30N2O. The second-order valence-corrected chi connectivity index (χ2v) is 5.75. The molecule has 1 aliphatic heterocycles. The molecule has 1 saturated heterocycles. The maximum absolute atomic E-state index is 5.67. The molecule has 0 unspecified atom stereocenters. The SMILES string of the molecule is CC(C)CNCCOCCC1CCN(C)CC1. The van der Waals surface area contributed by atoms with Crippen LogP contribution in [-0.4, -0.2) is 51.3 Å². The van der Waals surface area contributed by atoms with E-state index in [1.165, 1.54) is 32.4 Å². The van der Waals surface area contributed by atoms with Crippen LogP contribution in [0, 0.1) is 11.8 Å². The zero-order chi connectivity index (χ0) is 12.5. The third-order valence-corrected chi connectivity index (χ3v) is 3.48. The quantitative estimate of drug-likeness (QED) is 0.659. The van der Waals surface area contributed by atoms with Gasteiger partial charge in [-0.1, -0.05) is 13.8 Å².